The number of aliphatic hydroxyl groups is 2. The molecule has 0 aromatic rings. The van der Waals surface area contributed by atoms with Gasteiger partial charge in [0.1, 0.15) is 0 Å². The van der Waals surface area contributed by atoms with Crippen molar-refractivity contribution >= 4 is 5.97 Å². The maximum Gasteiger partial charge on any atom is 0.336 e. The Kier molecular flexibility index (Phi) is 3.78. The summed E-state index contributed by atoms with van der Waals surface area (Å²) < 4.78 is 0. The van der Waals surface area contributed by atoms with Crippen LogP contribution in [0.3, 0.4) is 0 Å². The first-order chi connectivity index (χ1) is 4.95. The van der Waals surface area contributed by atoms with Gasteiger partial charge in [-0.05, 0) is 5.92 Å². The molecule has 0 aliphatic rings. The van der Waals surface area contributed by atoms with Crippen LogP contribution in [0.15, 0.2) is 11.6 Å². The SMILES string of the molecule is CC(C)C=C(C(=O)O)C(O)O. The highest BCUT2D eigenvalue weighted by Gasteiger charge is 2.14. The Morgan fingerprint density at radius 3 is 1.91 bits per heavy atom. The van der Waals surface area contributed by atoms with Crippen LogP contribution in [0.5, 0.6) is 0 Å². The zero-order chi connectivity index (χ0) is 9.02. The van der Waals surface area contributed by atoms with E-state index >= 15 is 0 Å². The van der Waals surface area contributed by atoms with Crippen molar-refractivity contribution in [2.24, 2.45) is 5.92 Å². The van der Waals surface area contributed by atoms with E-state index in [-0.39, 0.29) is 11.5 Å². The lowest BCUT2D eigenvalue weighted by Crippen LogP contribution is -2.17. The molecule has 4 nitrogen and oxygen atoms in total. The summed E-state index contributed by atoms with van der Waals surface area (Å²) in [5.41, 5.74) is -0.375. The fourth-order valence-corrected chi connectivity index (χ4v) is 0.627. The molecule has 0 heterocycles. The first kappa shape index (κ1) is 10.1. The lowest BCUT2D eigenvalue weighted by Gasteiger charge is -2.05. The van der Waals surface area contributed by atoms with Gasteiger partial charge in [0.15, 0.2) is 6.29 Å². The molecule has 0 amide bonds. The second-order valence-electron chi connectivity index (χ2n) is 2.54. The molecule has 0 radical (unpaired) electrons. The standard InChI is InChI=1S/C7H12O4/c1-4(2)3-5(6(8)9)7(10)11/h3-4,6,8-9H,1-2H3,(H,10,11). The fraction of sp³-hybridized carbons (Fsp3) is 0.571. The number of carbonyl (C=O) groups is 1. The molecule has 0 atom stereocenters. The summed E-state index contributed by atoms with van der Waals surface area (Å²) in [6.45, 7) is 3.51. The molecule has 0 aromatic carbocycles. The van der Waals surface area contributed by atoms with Crippen molar-refractivity contribution in [2.75, 3.05) is 0 Å². The summed E-state index contributed by atoms with van der Waals surface area (Å²) in [6, 6.07) is 0. The highest BCUT2D eigenvalue weighted by molar-refractivity contribution is 5.87. The lowest BCUT2D eigenvalue weighted by atomic mass is 10.1. The van der Waals surface area contributed by atoms with E-state index in [1.165, 1.54) is 6.08 Å². The Morgan fingerprint density at radius 1 is 1.36 bits per heavy atom. The maximum atomic E-state index is 10.3. The Labute approximate surface area is 64.8 Å². The highest BCUT2D eigenvalue weighted by Crippen LogP contribution is 2.05. The van der Waals surface area contributed by atoms with Crippen LogP contribution in [0, 0.1) is 5.92 Å². The highest BCUT2D eigenvalue weighted by atomic mass is 16.5. The van der Waals surface area contributed by atoms with Crippen LogP contribution in [0.4, 0.5) is 0 Å². The molecule has 11 heavy (non-hydrogen) atoms. The Morgan fingerprint density at radius 2 is 1.82 bits per heavy atom. The summed E-state index contributed by atoms with van der Waals surface area (Å²) in [7, 11) is 0. The molecule has 0 bridgehead atoms. The van der Waals surface area contributed by atoms with Crippen LogP contribution in [0.25, 0.3) is 0 Å². The van der Waals surface area contributed by atoms with Gasteiger partial charge in [-0.25, -0.2) is 4.79 Å². The minimum atomic E-state index is -1.89. The predicted molar refractivity (Wildman–Crippen MR) is 38.8 cm³/mol. The number of aliphatic carboxylic acids is 1. The fourth-order valence-electron chi connectivity index (χ4n) is 0.627. The Balaban J connectivity index is 4.47. The Hall–Kier alpha value is -0.870. The van der Waals surface area contributed by atoms with E-state index < -0.39 is 12.3 Å². The largest absolute Gasteiger partial charge is 0.478 e. The number of hydrogen-bond donors (Lipinski definition) is 3. The van der Waals surface area contributed by atoms with E-state index in [2.05, 4.69) is 0 Å². The molecule has 4 heteroatoms. The van der Waals surface area contributed by atoms with Gasteiger partial charge in [0.05, 0.1) is 5.57 Å². The number of carboxylic acids is 1. The third-order valence-electron chi connectivity index (χ3n) is 1.04. The molecule has 0 aromatic heterocycles. The van der Waals surface area contributed by atoms with Crippen molar-refractivity contribution in [1.82, 2.24) is 0 Å². The molecule has 0 spiro atoms. The first-order valence-electron chi connectivity index (χ1n) is 3.26. The van der Waals surface area contributed by atoms with Gasteiger partial charge in [-0.2, -0.15) is 0 Å². The lowest BCUT2D eigenvalue weighted by molar-refractivity contribution is -0.136. The number of rotatable bonds is 3. The van der Waals surface area contributed by atoms with Gasteiger partial charge >= 0.3 is 5.97 Å². The van der Waals surface area contributed by atoms with Crippen LogP contribution in [0.1, 0.15) is 13.8 Å². The number of allylic oxidation sites excluding steroid dienone is 1. The van der Waals surface area contributed by atoms with Crippen LogP contribution in [-0.4, -0.2) is 27.6 Å². The molecule has 3 N–H and O–H groups in total. The number of carboxylic acid groups (broad SMARTS) is 1. The third-order valence-corrected chi connectivity index (χ3v) is 1.04. The average molecular weight is 160 g/mol. The van der Waals surface area contributed by atoms with Crippen LogP contribution < -0.4 is 0 Å². The molecule has 0 aliphatic heterocycles. The van der Waals surface area contributed by atoms with Gasteiger partial charge in [-0.3, -0.25) is 0 Å². The van der Waals surface area contributed by atoms with E-state index in [1.54, 1.807) is 13.8 Å². The second-order valence-corrected chi connectivity index (χ2v) is 2.54. The van der Waals surface area contributed by atoms with Gasteiger partial charge in [-0.1, -0.05) is 19.9 Å². The Bertz CT molecular complexity index is 169. The third kappa shape index (κ3) is 3.75. The minimum Gasteiger partial charge on any atom is -0.478 e. The van der Waals surface area contributed by atoms with Crippen LogP contribution in [0.2, 0.25) is 0 Å². The summed E-state index contributed by atoms with van der Waals surface area (Å²) >= 11 is 0. The van der Waals surface area contributed by atoms with Gasteiger partial charge in [0.25, 0.3) is 0 Å². The molecule has 0 rings (SSSR count). The molecule has 0 saturated carbocycles. The monoisotopic (exact) mass is 160 g/mol. The summed E-state index contributed by atoms with van der Waals surface area (Å²) in [6.07, 6.45) is -0.595. The number of hydrogen-bond acceptors (Lipinski definition) is 3. The van der Waals surface area contributed by atoms with E-state index in [1.807, 2.05) is 0 Å². The first-order valence-corrected chi connectivity index (χ1v) is 3.26. The van der Waals surface area contributed by atoms with E-state index in [0.717, 1.165) is 0 Å². The topological polar surface area (TPSA) is 77.8 Å². The molecule has 0 unspecified atom stereocenters. The van der Waals surface area contributed by atoms with E-state index in [0.29, 0.717) is 0 Å². The zero-order valence-corrected chi connectivity index (χ0v) is 6.48. The average Bonchev–Trinajstić information content (AvgIpc) is 1.81. The summed E-state index contributed by atoms with van der Waals surface area (Å²) in [4.78, 5) is 10.3. The quantitative estimate of drug-likeness (QED) is 0.400. The normalized spacial score (nSPS) is 12.7. The van der Waals surface area contributed by atoms with Crippen molar-refractivity contribution in [3.8, 4) is 0 Å². The van der Waals surface area contributed by atoms with Crippen molar-refractivity contribution in [1.29, 1.82) is 0 Å². The van der Waals surface area contributed by atoms with E-state index in [4.69, 9.17) is 15.3 Å². The molecule has 0 aliphatic carbocycles. The minimum absolute atomic E-state index is 0.0112. The molecule has 64 valence electrons. The predicted octanol–water partition coefficient (Wildman–Crippen LogP) is -0.0359. The van der Waals surface area contributed by atoms with Gasteiger partial charge in [-0.15, -0.1) is 0 Å². The summed E-state index contributed by atoms with van der Waals surface area (Å²) in [5.74, 6) is -1.31. The smallest absolute Gasteiger partial charge is 0.336 e. The molecular weight excluding hydrogens is 148 g/mol. The van der Waals surface area contributed by atoms with Crippen LogP contribution in [-0.2, 0) is 4.79 Å². The molecule has 0 saturated heterocycles. The van der Waals surface area contributed by atoms with E-state index in [9.17, 15) is 4.79 Å². The maximum absolute atomic E-state index is 10.3. The van der Waals surface area contributed by atoms with Gasteiger partial charge in [0.2, 0.25) is 0 Å². The summed E-state index contributed by atoms with van der Waals surface area (Å²) in [5, 5.41) is 25.5. The van der Waals surface area contributed by atoms with Crippen molar-refractivity contribution in [3.05, 3.63) is 11.6 Å². The van der Waals surface area contributed by atoms with Crippen molar-refractivity contribution in [3.63, 3.8) is 0 Å². The van der Waals surface area contributed by atoms with Crippen molar-refractivity contribution in [2.45, 2.75) is 20.1 Å². The number of aliphatic hydroxyl groups excluding tert-OH is 1. The zero-order valence-electron chi connectivity index (χ0n) is 6.48. The van der Waals surface area contributed by atoms with Gasteiger partial charge in [0, 0.05) is 0 Å². The second kappa shape index (κ2) is 4.10. The van der Waals surface area contributed by atoms with Gasteiger partial charge < -0.3 is 15.3 Å². The molecular formula is C7H12O4. The van der Waals surface area contributed by atoms with Crippen LogP contribution >= 0.6 is 0 Å². The van der Waals surface area contributed by atoms with Crippen molar-refractivity contribution < 1.29 is 20.1 Å². The molecule has 0 fully saturated rings.